The number of rotatable bonds is 17. The second kappa shape index (κ2) is 16.0. The number of nitrogens with two attached hydrogens (primary N) is 1. The van der Waals surface area contributed by atoms with Crippen molar-refractivity contribution in [1.29, 1.82) is 0 Å². The number of primary amides is 1. The second-order valence-corrected chi connectivity index (χ2v) is 14.0. The molecule has 0 aromatic heterocycles. The Labute approximate surface area is 274 Å². The summed E-state index contributed by atoms with van der Waals surface area (Å²) in [4.78, 5) is 97.3. The van der Waals surface area contributed by atoms with Crippen molar-refractivity contribution in [2.24, 2.45) is 5.73 Å². The molecule has 10 N–H and O–H groups in total. The highest BCUT2D eigenvalue weighted by atomic mass is 31.2. The molecule has 0 aliphatic rings. The molecule has 0 aliphatic heterocycles. The smallest absolute Gasteiger partial charge is 0.399 e. The fourth-order valence-electron chi connectivity index (χ4n) is 4.25. The standard InChI is InChI=1S/C27H32F4N4O12P2/c1-14(36)33-19(10-11-22(37)38)24(40)35-21(13-16-4-8-18(9-5-16)27(30,31)49(45,46)47)25(41)34-20(23(32)39)12-15-2-6-17(7-3-15)26(28,29)48(42,43)44/h2-9,19-21H,10-13H2,1H3,(H2,32,39)(H,33,36)(H,34,41)(H,35,40)(H,37,38)(H2,42,43,44)(H2,45,46,47)/t19-,20+,21+/m1/s1. The number of hydrogen-bond donors (Lipinski definition) is 9. The molecule has 0 fully saturated rings. The van der Waals surface area contributed by atoms with Crippen LogP contribution in [0, 0.1) is 0 Å². The summed E-state index contributed by atoms with van der Waals surface area (Å²) < 4.78 is 78.7. The van der Waals surface area contributed by atoms with E-state index in [0.717, 1.165) is 31.2 Å². The van der Waals surface area contributed by atoms with E-state index in [1.165, 1.54) is 0 Å². The lowest BCUT2D eigenvalue weighted by Crippen LogP contribution is -2.57. The van der Waals surface area contributed by atoms with Gasteiger partial charge in [-0.15, -0.1) is 0 Å². The van der Waals surface area contributed by atoms with E-state index in [-0.39, 0.29) is 11.1 Å². The molecule has 49 heavy (non-hydrogen) atoms. The number of carboxylic acids is 1. The first-order valence-electron chi connectivity index (χ1n) is 13.8. The minimum absolute atomic E-state index is 0.0320. The zero-order valence-electron chi connectivity index (χ0n) is 25.3. The van der Waals surface area contributed by atoms with Gasteiger partial charge in [0.05, 0.1) is 0 Å². The Balaban J connectivity index is 2.40. The maximum absolute atomic E-state index is 14.1. The van der Waals surface area contributed by atoms with Gasteiger partial charge in [-0.05, 0) is 17.5 Å². The van der Waals surface area contributed by atoms with Crippen LogP contribution in [-0.2, 0) is 57.3 Å². The quantitative estimate of drug-likeness (QED) is 0.0802. The van der Waals surface area contributed by atoms with Crippen molar-refractivity contribution in [3.05, 3.63) is 70.8 Å². The highest BCUT2D eigenvalue weighted by molar-refractivity contribution is 7.52. The monoisotopic (exact) mass is 742 g/mol. The zero-order valence-corrected chi connectivity index (χ0v) is 27.0. The number of carbonyl (C=O) groups excluding carboxylic acids is 4. The molecular weight excluding hydrogens is 710 g/mol. The van der Waals surface area contributed by atoms with Gasteiger partial charge in [0.25, 0.3) is 0 Å². The first-order chi connectivity index (χ1) is 22.4. The largest absolute Gasteiger partial charge is 0.481 e. The van der Waals surface area contributed by atoms with E-state index in [1.54, 1.807) is 0 Å². The van der Waals surface area contributed by atoms with Crippen LogP contribution in [0.25, 0.3) is 0 Å². The molecule has 3 atom stereocenters. The van der Waals surface area contributed by atoms with Crippen molar-refractivity contribution in [2.75, 3.05) is 0 Å². The predicted octanol–water partition coefficient (Wildman–Crippen LogP) is 0.750. The molecule has 2 aromatic carbocycles. The van der Waals surface area contributed by atoms with E-state index >= 15 is 0 Å². The molecule has 0 unspecified atom stereocenters. The fourth-order valence-corrected chi connectivity index (χ4v) is 5.22. The van der Waals surface area contributed by atoms with Crippen molar-refractivity contribution in [3.63, 3.8) is 0 Å². The molecule has 0 radical (unpaired) electrons. The van der Waals surface area contributed by atoms with Crippen molar-refractivity contribution < 1.29 is 75.3 Å². The number of hydrogen-bond acceptors (Lipinski definition) is 7. The van der Waals surface area contributed by atoms with Crippen molar-refractivity contribution in [1.82, 2.24) is 16.0 Å². The predicted molar refractivity (Wildman–Crippen MR) is 160 cm³/mol. The van der Waals surface area contributed by atoms with Gasteiger partial charge in [0.15, 0.2) is 0 Å². The Morgan fingerprint density at radius 1 is 0.694 bits per heavy atom. The second-order valence-electron chi connectivity index (χ2n) is 10.7. The lowest BCUT2D eigenvalue weighted by atomic mass is 10.0. The molecular formula is C27H32F4N4O12P2. The number of nitrogens with one attached hydrogen (secondary N) is 3. The van der Waals surface area contributed by atoms with E-state index in [2.05, 4.69) is 16.0 Å². The Morgan fingerprint density at radius 3 is 1.41 bits per heavy atom. The topological polar surface area (TPSA) is 283 Å². The van der Waals surface area contributed by atoms with Crippen molar-refractivity contribution in [2.45, 2.75) is 62.1 Å². The molecule has 0 heterocycles. The third-order valence-corrected chi connectivity index (χ3v) is 8.83. The van der Waals surface area contributed by atoms with Gasteiger partial charge in [-0.25, -0.2) is 0 Å². The lowest BCUT2D eigenvalue weighted by Gasteiger charge is -2.25. The van der Waals surface area contributed by atoms with Gasteiger partial charge >= 0.3 is 32.5 Å². The summed E-state index contributed by atoms with van der Waals surface area (Å²) >= 11 is 0. The summed E-state index contributed by atoms with van der Waals surface area (Å²) in [5.41, 5.74) is -5.70. The van der Waals surface area contributed by atoms with Crippen molar-refractivity contribution >= 4 is 44.8 Å². The molecule has 0 bridgehead atoms. The van der Waals surface area contributed by atoms with Crippen LogP contribution < -0.4 is 21.7 Å². The maximum Gasteiger partial charge on any atom is 0.399 e. The Bertz CT molecular complexity index is 1650. The normalized spacial score (nSPS) is 14.2. The molecule has 270 valence electrons. The van der Waals surface area contributed by atoms with Crippen LogP contribution in [0.5, 0.6) is 0 Å². The first kappa shape index (κ1) is 41.0. The molecule has 0 spiro atoms. The molecule has 0 saturated carbocycles. The van der Waals surface area contributed by atoms with Crippen LogP contribution in [0.2, 0.25) is 0 Å². The SMILES string of the molecule is CC(=O)N[C@H](CCC(=O)O)C(=O)N[C@@H](Cc1ccc(C(F)(F)P(=O)(O)O)cc1)C(=O)N[C@@H](Cc1ccc(C(F)(F)P(=O)(O)O)cc1)C(N)=O. The summed E-state index contributed by atoms with van der Waals surface area (Å²) in [7, 11) is -11.8. The van der Waals surface area contributed by atoms with E-state index < -0.39 is 111 Å². The lowest BCUT2D eigenvalue weighted by molar-refractivity contribution is -0.138. The summed E-state index contributed by atoms with van der Waals surface area (Å²) in [6.45, 7) is 1.03. The molecule has 16 nitrogen and oxygen atoms in total. The van der Waals surface area contributed by atoms with Crippen molar-refractivity contribution in [3.8, 4) is 0 Å². The Hall–Kier alpha value is -4.19. The van der Waals surface area contributed by atoms with Crippen LogP contribution in [-0.4, -0.2) is 72.4 Å². The number of halogens is 4. The number of carboxylic acid groups (broad SMARTS) is 1. The van der Waals surface area contributed by atoms with Gasteiger partial charge in [-0.1, -0.05) is 48.5 Å². The summed E-state index contributed by atoms with van der Waals surface area (Å²) in [5, 5.41) is 15.7. The summed E-state index contributed by atoms with van der Waals surface area (Å²) in [6.07, 6.45) is -2.00. The van der Waals surface area contributed by atoms with Crippen LogP contribution >= 0.6 is 15.2 Å². The van der Waals surface area contributed by atoms with Crippen LogP contribution in [0.15, 0.2) is 48.5 Å². The van der Waals surface area contributed by atoms with Gasteiger partial charge in [-0.3, -0.25) is 33.1 Å². The van der Waals surface area contributed by atoms with E-state index in [4.69, 9.17) is 30.4 Å². The molecule has 0 saturated heterocycles. The van der Waals surface area contributed by atoms with Crippen LogP contribution in [0.1, 0.15) is 42.0 Å². The van der Waals surface area contributed by atoms with Gasteiger partial charge < -0.3 is 46.4 Å². The average Bonchev–Trinajstić information content (AvgIpc) is 2.97. The summed E-state index contributed by atoms with van der Waals surface area (Å²) in [6, 6.07) is 1.79. The van der Waals surface area contributed by atoms with E-state index in [9.17, 15) is 50.7 Å². The van der Waals surface area contributed by atoms with Gasteiger partial charge in [0, 0.05) is 37.3 Å². The van der Waals surface area contributed by atoms with Gasteiger partial charge in [0.2, 0.25) is 23.6 Å². The average molecular weight is 743 g/mol. The zero-order chi connectivity index (χ0) is 37.5. The highest BCUT2D eigenvalue weighted by Gasteiger charge is 2.51. The third-order valence-electron chi connectivity index (χ3n) is 6.85. The summed E-state index contributed by atoms with van der Waals surface area (Å²) in [5.74, 6) is -5.44. The van der Waals surface area contributed by atoms with E-state index in [0.29, 0.717) is 24.3 Å². The molecule has 2 rings (SSSR count). The van der Waals surface area contributed by atoms with Crippen LogP contribution in [0.3, 0.4) is 0 Å². The van der Waals surface area contributed by atoms with Crippen LogP contribution in [0.4, 0.5) is 17.6 Å². The number of carbonyl (C=O) groups is 5. The third kappa shape index (κ3) is 11.2. The first-order valence-corrected chi connectivity index (χ1v) is 17.0. The molecule has 0 aliphatic carbocycles. The Morgan fingerprint density at radius 2 is 1.06 bits per heavy atom. The van der Waals surface area contributed by atoms with Gasteiger partial charge in [0.1, 0.15) is 18.1 Å². The maximum atomic E-state index is 14.1. The van der Waals surface area contributed by atoms with Gasteiger partial charge in [-0.2, -0.15) is 17.6 Å². The highest BCUT2D eigenvalue weighted by Crippen LogP contribution is 2.60. The number of benzene rings is 2. The number of amides is 4. The molecule has 22 heteroatoms. The minimum Gasteiger partial charge on any atom is -0.481 e. The Kier molecular flexibility index (Phi) is 13.4. The number of aliphatic carboxylic acids is 1. The molecule has 4 amide bonds. The van der Waals surface area contributed by atoms with E-state index in [1.807, 2.05) is 0 Å². The molecule has 2 aromatic rings. The number of alkyl halides is 4. The fraction of sp³-hybridized carbons (Fsp3) is 0.370. The minimum atomic E-state index is -5.92.